The van der Waals surface area contributed by atoms with E-state index in [1.54, 1.807) is 0 Å². The van der Waals surface area contributed by atoms with Crippen LogP contribution in [0, 0.1) is 5.82 Å². The molecule has 2 nitrogen and oxygen atoms in total. The molecule has 0 aromatic heterocycles. The average molecular weight is 329 g/mol. The van der Waals surface area contributed by atoms with Crippen LogP contribution in [0.2, 0.25) is 0 Å². The number of halogens is 2. The molecule has 2 rings (SSSR count). The Bertz CT molecular complexity index is 421. The average Bonchev–Trinajstić information content (AvgIpc) is 3.20. The van der Waals surface area contributed by atoms with Gasteiger partial charge >= 0.3 is 0 Å². The highest BCUT2D eigenvalue weighted by molar-refractivity contribution is 9.10. The summed E-state index contributed by atoms with van der Waals surface area (Å²) >= 11 is 3.47. The standard InChI is InChI=1S/C15H22BrFN2/c1-2-3-8-19(12-5-6-12)15(10-18)13-7-4-11(17)9-14(13)16/h4,7,9,12,15H,2-3,5-6,8,10,18H2,1H3. The van der Waals surface area contributed by atoms with Crippen LogP contribution in [0.5, 0.6) is 0 Å². The van der Waals surface area contributed by atoms with Gasteiger partial charge in [0.25, 0.3) is 0 Å². The van der Waals surface area contributed by atoms with Crippen molar-refractivity contribution in [2.75, 3.05) is 13.1 Å². The highest BCUT2D eigenvalue weighted by atomic mass is 79.9. The van der Waals surface area contributed by atoms with Crippen molar-refractivity contribution < 1.29 is 4.39 Å². The SMILES string of the molecule is CCCCN(C1CC1)C(CN)c1ccc(F)cc1Br. The monoisotopic (exact) mass is 328 g/mol. The first-order valence-corrected chi connectivity index (χ1v) is 7.87. The predicted molar refractivity (Wildman–Crippen MR) is 80.5 cm³/mol. The van der Waals surface area contributed by atoms with E-state index in [4.69, 9.17) is 5.73 Å². The highest BCUT2D eigenvalue weighted by Gasteiger charge is 2.34. The van der Waals surface area contributed by atoms with Gasteiger partial charge in [0.2, 0.25) is 0 Å². The molecule has 0 heterocycles. The van der Waals surface area contributed by atoms with Gasteiger partial charge in [-0.15, -0.1) is 0 Å². The topological polar surface area (TPSA) is 29.3 Å². The maximum absolute atomic E-state index is 13.2. The lowest BCUT2D eigenvalue weighted by Gasteiger charge is -2.32. The van der Waals surface area contributed by atoms with Gasteiger partial charge < -0.3 is 5.73 Å². The van der Waals surface area contributed by atoms with Crippen molar-refractivity contribution in [3.63, 3.8) is 0 Å². The number of hydrogen-bond donors (Lipinski definition) is 1. The van der Waals surface area contributed by atoms with Crippen molar-refractivity contribution in [1.29, 1.82) is 0 Å². The first kappa shape index (κ1) is 14.9. The molecule has 1 aliphatic rings. The lowest BCUT2D eigenvalue weighted by atomic mass is 10.0. The van der Waals surface area contributed by atoms with Crippen molar-refractivity contribution in [3.05, 3.63) is 34.1 Å². The van der Waals surface area contributed by atoms with Gasteiger partial charge in [0.05, 0.1) is 0 Å². The van der Waals surface area contributed by atoms with E-state index in [-0.39, 0.29) is 11.9 Å². The maximum atomic E-state index is 13.2. The molecule has 0 aliphatic heterocycles. The number of hydrogen-bond acceptors (Lipinski definition) is 2. The Morgan fingerprint density at radius 2 is 2.21 bits per heavy atom. The zero-order valence-corrected chi connectivity index (χ0v) is 13.0. The van der Waals surface area contributed by atoms with Crippen molar-refractivity contribution in [1.82, 2.24) is 4.90 Å². The van der Waals surface area contributed by atoms with Gasteiger partial charge in [-0.3, -0.25) is 4.90 Å². The third-order valence-corrected chi connectivity index (χ3v) is 4.42. The quantitative estimate of drug-likeness (QED) is 0.823. The van der Waals surface area contributed by atoms with E-state index in [0.717, 1.165) is 16.6 Å². The fraction of sp³-hybridized carbons (Fsp3) is 0.600. The lowest BCUT2D eigenvalue weighted by Crippen LogP contribution is -2.36. The first-order valence-electron chi connectivity index (χ1n) is 7.08. The molecule has 1 aromatic carbocycles. The van der Waals surface area contributed by atoms with Crippen molar-refractivity contribution in [2.45, 2.75) is 44.7 Å². The normalized spacial score (nSPS) is 16.9. The fourth-order valence-electron chi connectivity index (χ4n) is 2.55. The Balaban J connectivity index is 2.20. The van der Waals surface area contributed by atoms with E-state index in [9.17, 15) is 4.39 Å². The number of rotatable bonds is 7. The summed E-state index contributed by atoms with van der Waals surface area (Å²) in [5, 5.41) is 0. The predicted octanol–water partition coefficient (Wildman–Crippen LogP) is 3.85. The second kappa shape index (κ2) is 6.82. The van der Waals surface area contributed by atoms with Crippen LogP contribution in [0.4, 0.5) is 4.39 Å². The summed E-state index contributed by atoms with van der Waals surface area (Å²) in [6, 6.07) is 5.76. The fourth-order valence-corrected chi connectivity index (χ4v) is 3.17. The van der Waals surface area contributed by atoms with Crippen LogP contribution >= 0.6 is 15.9 Å². The van der Waals surface area contributed by atoms with Gasteiger partial charge in [0.15, 0.2) is 0 Å². The summed E-state index contributed by atoms with van der Waals surface area (Å²) in [6.07, 6.45) is 4.90. The molecule has 1 atom stereocenters. The molecule has 19 heavy (non-hydrogen) atoms. The van der Waals surface area contributed by atoms with Crippen LogP contribution in [0.3, 0.4) is 0 Å². The summed E-state index contributed by atoms with van der Waals surface area (Å²) in [5.41, 5.74) is 7.10. The Hall–Kier alpha value is -0.450. The minimum Gasteiger partial charge on any atom is -0.329 e. The molecule has 1 aromatic rings. The van der Waals surface area contributed by atoms with Gasteiger partial charge in [-0.1, -0.05) is 35.3 Å². The zero-order chi connectivity index (χ0) is 13.8. The van der Waals surface area contributed by atoms with Gasteiger partial charge in [-0.25, -0.2) is 4.39 Å². The molecule has 1 aliphatic carbocycles. The van der Waals surface area contributed by atoms with E-state index in [0.29, 0.717) is 12.6 Å². The third-order valence-electron chi connectivity index (χ3n) is 3.73. The minimum absolute atomic E-state index is 0.189. The first-order chi connectivity index (χ1) is 9.17. The molecule has 0 spiro atoms. The van der Waals surface area contributed by atoms with E-state index >= 15 is 0 Å². The molecule has 1 fully saturated rings. The van der Waals surface area contributed by atoms with Gasteiger partial charge in [0.1, 0.15) is 5.82 Å². The summed E-state index contributed by atoms with van der Waals surface area (Å²) in [4.78, 5) is 2.50. The molecule has 1 saturated carbocycles. The van der Waals surface area contributed by atoms with E-state index in [1.807, 2.05) is 6.07 Å². The Morgan fingerprint density at radius 3 is 2.74 bits per heavy atom. The molecule has 0 saturated heterocycles. The lowest BCUT2D eigenvalue weighted by molar-refractivity contribution is 0.187. The molecular weight excluding hydrogens is 307 g/mol. The van der Waals surface area contributed by atoms with Gasteiger partial charge in [-0.2, -0.15) is 0 Å². The van der Waals surface area contributed by atoms with Crippen LogP contribution in [-0.2, 0) is 0 Å². The zero-order valence-electron chi connectivity index (χ0n) is 11.4. The third kappa shape index (κ3) is 3.77. The Morgan fingerprint density at radius 1 is 1.47 bits per heavy atom. The van der Waals surface area contributed by atoms with E-state index < -0.39 is 0 Å². The highest BCUT2D eigenvalue weighted by Crippen LogP contribution is 2.36. The number of nitrogens with zero attached hydrogens (tertiary/aromatic N) is 1. The molecule has 4 heteroatoms. The molecule has 0 amide bonds. The van der Waals surface area contributed by atoms with Crippen molar-refractivity contribution in [3.8, 4) is 0 Å². The largest absolute Gasteiger partial charge is 0.329 e. The van der Waals surface area contributed by atoms with Crippen molar-refractivity contribution in [2.24, 2.45) is 5.73 Å². The maximum Gasteiger partial charge on any atom is 0.124 e. The van der Waals surface area contributed by atoms with Gasteiger partial charge in [0, 0.05) is 23.1 Å². The summed E-state index contributed by atoms with van der Waals surface area (Å²) in [6.45, 7) is 3.85. The van der Waals surface area contributed by atoms with E-state index in [1.165, 1.54) is 37.8 Å². The summed E-state index contributed by atoms with van der Waals surface area (Å²) < 4.78 is 14.0. The molecule has 1 unspecified atom stereocenters. The van der Waals surface area contributed by atoms with E-state index in [2.05, 4.69) is 27.8 Å². The van der Waals surface area contributed by atoms with Crippen LogP contribution < -0.4 is 5.73 Å². The molecular formula is C15H22BrFN2. The number of unbranched alkanes of at least 4 members (excludes halogenated alkanes) is 1. The second-order valence-electron chi connectivity index (χ2n) is 5.24. The summed E-state index contributed by atoms with van der Waals surface area (Å²) in [5.74, 6) is -0.210. The van der Waals surface area contributed by atoms with Crippen LogP contribution in [0.15, 0.2) is 22.7 Å². The van der Waals surface area contributed by atoms with Crippen LogP contribution in [0.1, 0.15) is 44.2 Å². The molecule has 0 bridgehead atoms. The molecule has 2 N–H and O–H groups in total. The molecule has 0 radical (unpaired) electrons. The minimum atomic E-state index is -0.210. The summed E-state index contributed by atoms with van der Waals surface area (Å²) in [7, 11) is 0. The van der Waals surface area contributed by atoms with Gasteiger partial charge in [-0.05, 0) is 43.5 Å². The number of benzene rings is 1. The Kier molecular flexibility index (Phi) is 5.37. The Labute approximate surface area is 123 Å². The number of nitrogens with two attached hydrogens (primary N) is 1. The van der Waals surface area contributed by atoms with Crippen LogP contribution in [-0.4, -0.2) is 24.0 Å². The van der Waals surface area contributed by atoms with Crippen LogP contribution in [0.25, 0.3) is 0 Å². The molecule has 106 valence electrons. The second-order valence-corrected chi connectivity index (χ2v) is 6.09. The smallest absolute Gasteiger partial charge is 0.124 e. The van der Waals surface area contributed by atoms with Crippen molar-refractivity contribution >= 4 is 15.9 Å².